The Labute approximate surface area is 127 Å². The zero-order valence-electron chi connectivity index (χ0n) is 12.0. The van der Waals surface area contributed by atoms with Gasteiger partial charge in [0.15, 0.2) is 0 Å². The number of nitrogens with zero attached hydrogens (tertiary/aromatic N) is 2. The van der Waals surface area contributed by atoms with Gasteiger partial charge in [-0.05, 0) is 30.0 Å². The third-order valence-corrected chi connectivity index (χ3v) is 4.56. The van der Waals surface area contributed by atoms with Crippen LogP contribution in [0.15, 0.2) is 42.0 Å². The van der Waals surface area contributed by atoms with Crippen LogP contribution in [0.2, 0.25) is 0 Å². The van der Waals surface area contributed by atoms with E-state index in [-0.39, 0.29) is 11.9 Å². The Balaban J connectivity index is 1.90. The molecule has 0 radical (unpaired) electrons. The normalized spacial score (nSPS) is 12.5. The molecule has 0 aliphatic carbocycles. The lowest BCUT2D eigenvalue weighted by Crippen LogP contribution is -2.27. The summed E-state index contributed by atoms with van der Waals surface area (Å²) >= 11 is 1.67. The van der Waals surface area contributed by atoms with Crippen molar-refractivity contribution in [2.45, 2.75) is 19.4 Å². The van der Waals surface area contributed by atoms with Crippen molar-refractivity contribution >= 4 is 28.3 Å². The third kappa shape index (κ3) is 2.56. The van der Waals surface area contributed by atoms with Gasteiger partial charge in [0, 0.05) is 29.7 Å². The molecule has 21 heavy (non-hydrogen) atoms. The summed E-state index contributed by atoms with van der Waals surface area (Å²) in [5.74, 6) is -0.0474. The molecule has 3 aromatic rings. The van der Waals surface area contributed by atoms with E-state index in [1.807, 2.05) is 41.4 Å². The van der Waals surface area contributed by atoms with Crippen LogP contribution in [0.25, 0.3) is 11.0 Å². The van der Waals surface area contributed by atoms with Gasteiger partial charge >= 0.3 is 0 Å². The maximum absolute atomic E-state index is 12.6. The number of hydrogen-bond donors (Lipinski definition) is 1. The molecule has 3 aromatic heterocycles. The smallest absolute Gasteiger partial charge is 0.254 e. The van der Waals surface area contributed by atoms with Crippen LogP contribution in [-0.4, -0.2) is 15.5 Å². The molecule has 0 saturated heterocycles. The number of aryl methyl sites for hydroxylation is 1. The van der Waals surface area contributed by atoms with Crippen molar-refractivity contribution in [3.63, 3.8) is 0 Å². The van der Waals surface area contributed by atoms with E-state index in [1.54, 1.807) is 17.5 Å². The first-order valence-corrected chi connectivity index (χ1v) is 7.83. The molecule has 3 heterocycles. The van der Waals surface area contributed by atoms with Crippen LogP contribution >= 0.6 is 11.3 Å². The van der Waals surface area contributed by atoms with Crippen molar-refractivity contribution in [1.29, 1.82) is 0 Å². The van der Waals surface area contributed by atoms with Crippen LogP contribution in [0, 0.1) is 0 Å². The third-order valence-electron chi connectivity index (χ3n) is 3.58. The van der Waals surface area contributed by atoms with Gasteiger partial charge in [-0.1, -0.05) is 13.0 Å². The molecule has 0 aliphatic heterocycles. The molecule has 0 saturated carbocycles. The van der Waals surface area contributed by atoms with E-state index in [0.717, 1.165) is 17.5 Å². The highest BCUT2D eigenvalue weighted by atomic mass is 32.1. The van der Waals surface area contributed by atoms with Crippen LogP contribution in [-0.2, 0) is 7.05 Å². The fourth-order valence-corrected chi connectivity index (χ4v) is 3.35. The van der Waals surface area contributed by atoms with E-state index in [1.165, 1.54) is 4.88 Å². The number of pyridine rings is 1. The minimum atomic E-state index is -0.0474. The van der Waals surface area contributed by atoms with Crippen molar-refractivity contribution in [2.24, 2.45) is 7.05 Å². The molecule has 0 spiro atoms. The number of hydrogen-bond acceptors (Lipinski definition) is 3. The minimum Gasteiger partial charge on any atom is -0.344 e. The molecule has 0 fully saturated rings. The summed E-state index contributed by atoms with van der Waals surface area (Å²) in [6.45, 7) is 2.08. The second kappa shape index (κ2) is 5.69. The Morgan fingerprint density at radius 1 is 1.43 bits per heavy atom. The standard InChI is InChI=1S/C16H17N3OS/c1-3-13(14-7-5-9-21-14)18-16(20)12-10-19(2)15-11(12)6-4-8-17-15/h4-10,13H,3H2,1-2H3,(H,18,20)/t13-/m0/s1. The molecular weight excluding hydrogens is 282 g/mol. The highest BCUT2D eigenvalue weighted by Crippen LogP contribution is 2.24. The molecule has 108 valence electrons. The summed E-state index contributed by atoms with van der Waals surface area (Å²) in [5, 5.41) is 6.04. The molecule has 0 aliphatic rings. The molecule has 0 bridgehead atoms. The lowest BCUT2D eigenvalue weighted by Gasteiger charge is -2.15. The first kappa shape index (κ1) is 13.8. The van der Waals surface area contributed by atoms with E-state index in [4.69, 9.17) is 0 Å². The number of carbonyl (C=O) groups is 1. The number of aromatic nitrogens is 2. The fraction of sp³-hybridized carbons (Fsp3) is 0.250. The zero-order valence-corrected chi connectivity index (χ0v) is 12.9. The van der Waals surface area contributed by atoms with E-state index in [0.29, 0.717) is 5.56 Å². The van der Waals surface area contributed by atoms with Gasteiger partial charge in [-0.15, -0.1) is 11.3 Å². The number of amides is 1. The molecule has 4 nitrogen and oxygen atoms in total. The second-order valence-corrected chi connectivity index (χ2v) is 5.96. The highest BCUT2D eigenvalue weighted by molar-refractivity contribution is 7.10. The lowest BCUT2D eigenvalue weighted by atomic mass is 10.1. The molecule has 3 rings (SSSR count). The number of thiophene rings is 1. The van der Waals surface area contributed by atoms with Crippen molar-refractivity contribution in [1.82, 2.24) is 14.9 Å². The molecule has 0 aromatic carbocycles. The highest BCUT2D eigenvalue weighted by Gasteiger charge is 2.18. The van der Waals surface area contributed by atoms with Crippen molar-refractivity contribution in [3.05, 3.63) is 52.5 Å². The summed E-state index contributed by atoms with van der Waals surface area (Å²) in [4.78, 5) is 18.1. The van der Waals surface area contributed by atoms with Gasteiger partial charge in [0.25, 0.3) is 5.91 Å². The Morgan fingerprint density at radius 2 is 2.29 bits per heavy atom. The summed E-state index contributed by atoms with van der Waals surface area (Å²) in [5.41, 5.74) is 1.50. The van der Waals surface area contributed by atoms with Crippen LogP contribution in [0.3, 0.4) is 0 Å². The van der Waals surface area contributed by atoms with Crippen LogP contribution < -0.4 is 5.32 Å². The first-order valence-electron chi connectivity index (χ1n) is 6.95. The van der Waals surface area contributed by atoms with Crippen molar-refractivity contribution < 1.29 is 4.79 Å². The molecular formula is C16H17N3OS. The molecule has 1 atom stereocenters. The molecule has 1 amide bonds. The Morgan fingerprint density at radius 3 is 3.00 bits per heavy atom. The van der Waals surface area contributed by atoms with Crippen LogP contribution in [0.1, 0.15) is 34.6 Å². The maximum Gasteiger partial charge on any atom is 0.254 e. The number of rotatable bonds is 4. The maximum atomic E-state index is 12.6. The SMILES string of the molecule is CC[C@H](NC(=O)c1cn(C)c2ncccc12)c1cccs1. The molecule has 0 unspecified atom stereocenters. The topological polar surface area (TPSA) is 46.9 Å². The van der Waals surface area contributed by atoms with E-state index in [9.17, 15) is 4.79 Å². The zero-order chi connectivity index (χ0) is 14.8. The van der Waals surface area contributed by atoms with E-state index >= 15 is 0 Å². The Hall–Kier alpha value is -2.14. The average Bonchev–Trinajstić information content (AvgIpc) is 3.13. The monoisotopic (exact) mass is 299 g/mol. The first-order chi connectivity index (χ1) is 10.2. The van der Waals surface area contributed by atoms with Gasteiger partial charge in [0.05, 0.1) is 11.6 Å². The van der Waals surface area contributed by atoms with Crippen molar-refractivity contribution in [3.8, 4) is 0 Å². The van der Waals surface area contributed by atoms with E-state index in [2.05, 4.69) is 23.3 Å². The molecule has 5 heteroatoms. The van der Waals surface area contributed by atoms with Gasteiger partial charge in [0.2, 0.25) is 0 Å². The van der Waals surface area contributed by atoms with E-state index < -0.39 is 0 Å². The summed E-state index contributed by atoms with van der Waals surface area (Å²) in [7, 11) is 1.91. The average molecular weight is 299 g/mol. The Kier molecular flexibility index (Phi) is 3.75. The predicted octanol–water partition coefficient (Wildman–Crippen LogP) is 3.52. The number of fused-ring (bicyclic) bond motifs is 1. The van der Waals surface area contributed by atoms with Crippen LogP contribution in [0.4, 0.5) is 0 Å². The van der Waals surface area contributed by atoms with Crippen LogP contribution in [0.5, 0.6) is 0 Å². The Bertz CT molecular complexity index is 761. The predicted molar refractivity (Wildman–Crippen MR) is 85.5 cm³/mol. The molecule has 1 N–H and O–H groups in total. The van der Waals surface area contributed by atoms with Gasteiger partial charge in [-0.2, -0.15) is 0 Å². The lowest BCUT2D eigenvalue weighted by molar-refractivity contribution is 0.0938. The summed E-state index contributed by atoms with van der Waals surface area (Å²) in [6.07, 6.45) is 4.45. The quantitative estimate of drug-likeness (QED) is 0.801. The van der Waals surface area contributed by atoms with Gasteiger partial charge in [-0.3, -0.25) is 4.79 Å². The number of carbonyl (C=O) groups excluding carboxylic acids is 1. The largest absolute Gasteiger partial charge is 0.344 e. The summed E-state index contributed by atoms with van der Waals surface area (Å²) < 4.78 is 1.89. The van der Waals surface area contributed by atoms with Gasteiger partial charge < -0.3 is 9.88 Å². The summed E-state index contributed by atoms with van der Waals surface area (Å²) in [6, 6.07) is 7.92. The van der Waals surface area contributed by atoms with Crippen molar-refractivity contribution in [2.75, 3.05) is 0 Å². The number of nitrogens with one attached hydrogen (secondary N) is 1. The van der Waals surface area contributed by atoms with Gasteiger partial charge in [0.1, 0.15) is 5.65 Å². The second-order valence-electron chi connectivity index (χ2n) is 4.98. The van der Waals surface area contributed by atoms with Gasteiger partial charge in [-0.25, -0.2) is 4.98 Å². The fourth-order valence-electron chi connectivity index (χ4n) is 2.49. The minimum absolute atomic E-state index is 0.0474.